The molecule has 1 aromatic carbocycles. The van der Waals surface area contributed by atoms with Crippen LogP contribution >= 0.6 is 0 Å². The number of benzene rings is 1. The first-order chi connectivity index (χ1) is 8.93. The standard InChI is InChI=1S/C12H17FN4O2/c1-8(11(14)16-19)7-17(2)12(18)15-10-5-3-4-9(13)6-10/h3-6,8,19H,7H2,1-2H3,(H2,14,16)(H,15,18). The molecule has 7 heteroatoms. The molecule has 6 nitrogen and oxygen atoms in total. The molecule has 0 fully saturated rings. The van der Waals surface area contributed by atoms with Gasteiger partial charge in [-0.2, -0.15) is 0 Å². The predicted molar refractivity (Wildman–Crippen MR) is 70.6 cm³/mol. The van der Waals surface area contributed by atoms with Gasteiger partial charge in [-0.05, 0) is 18.2 Å². The molecule has 0 aromatic heterocycles. The summed E-state index contributed by atoms with van der Waals surface area (Å²) >= 11 is 0. The van der Waals surface area contributed by atoms with Crippen LogP contribution in [0.1, 0.15) is 6.92 Å². The molecular weight excluding hydrogens is 251 g/mol. The SMILES string of the molecule is CC(CN(C)C(=O)Nc1cccc(F)c1)/C(N)=N/O. The second-order valence-corrected chi connectivity index (χ2v) is 4.25. The summed E-state index contributed by atoms with van der Waals surface area (Å²) in [7, 11) is 1.57. The van der Waals surface area contributed by atoms with Gasteiger partial charge < -0.3 is 21.2 Å². The molecule has 0 aliphatic carbocycles. The number of hydrogen-bond donors (Lipinski definition) is 3. The largest absolute Gasteiger partial charge is 0.409 e. The summed E-state index contributed by atoms with van der Waals surface area (Å²) in [4.78, 5) is 13.2. The van der Waals surface area contributed by atoms with Crippen LogP contribution in [-0.2, 0) is 0 Å². The molecule has 0 saturated heterocycles. The highest BCUT2D eigenvalue weighted by atomic mass is 19.1. The minimum Gasteiger partial charge on any atom is -0.409 e. The van der Waals surface area contributed by atoms with Crippen LogP contribution in [0, 0.1) is 11.7 Å². The van der Waals surface area contributed by atoms with Crippen molar-refractivity contribution in [3.8, 4) is 0 Å². The smallest absolute Gasteiger partial charge is 0.321 e. The van der Waals surface area contributed by atoms with Crippen LogP contribution < -0.4 is 11.1 Å². The van der Waals surface area contributed by atoms with Gasteiger partial charge in [-0.3, -0.25) is 0 Å². The molecule has 1 aromatic rings. The molecule has 0 aliphatic heterocycles. The summed E-state index contributed by atoms with van der Waals surface area (Å²) in [5, 5.41) is 14.0. The molecule has 0 aliphatic rings. The van der Waals surface area contributed by atoms with Crippen molar-refractivity contribution in [3.63, 3.8) is 0 Å². The van der Waals surface area contributed by atoms with E-state index in [9.17, 15) is 9.18 Å². The molecule has 0 radical (unpaired) electrons. The Morgan fingerprint density at radius 2 is 2.32 bits per heavy atom. The Morgan fingerprint density at radius 1 is 1.63 bits per heavy atom. The van der Waals surface area contributed by atoms with Crippen molar-refractivity contribution in [1.29, 1.82) is 0 Å². The number of amides is 2. The number of anilines is 1. The van der Waals surface area contributed by atoms with Gasteiger partial charge in [-0.25, -0.2) is 9.18 Å². The van der Waals surface area contributed by atoms with Gasteiger partial charge in [0.2, 0.25) is 0 Å². The first-order valence-corrected chi connectivity index (χ1v) is 5.69. The van der Waals surface area contributed by atoms with Crippen LogP contribution in [0.3, 0.4) is 0 Å². The lowest BCUT2D eigenvalue weighted by Crippen LogP contribution is -2.38. The van der Waals surface area contributed by atoms with Gasteiger partial charge in [0.05, 0.1) is 0 Å². The lowest BCUT2D eigenvalue weighted by molar-refractivity contribution is 0.219. The highest BCUT2D eigenvalue weighted by Crippen LogP contribution is 2.10. The van der Waals surface area contributed by atoms with E-state index in [4.69, 9.17) is 10.9 Å². The van der Waals surface area contributed by atoms with Crippen molar-refractivity contribution >= 4 is 17.6 Å². The average Bonchev–Trinajstić information content (AvgIpc) is 2.37. The fourth-order valence-electron chi connectivity index (χ4n) is 1.47. The third-order valence-corrected chi connectivity index (χ3v) is 2.59. The van der Waals surface area contributed by atoms with Crippen LogP contribution in [0.15, 0.2) is 29.4 Å². The normalized spacial score (nSPS) is 12.9. The third kappa shape index (κ3) is 4.46. The fraction of sp³-hybridized carbons (Fsp3) is 0.333. The van der Waals surface area contributed by atoms with Gasteiger partial charge in [0.1, 0.15) is 11.7 Å². The molecule has 0 spiro atoms. The number of nitrogens with one attached hydrogen (secondary N) is 1. The fourth-order valence-corrected chi connectivity index (χ4v) is 1.47. The minimum absolute atomic E-state index is 0.0467. The number of nitrogens with two attached hydrogens (primary N) is 1. The van der Waals surface area contributed by atoms with E-state index in [1.807, 2.05) is 0 Å². The highest BCUT2D eigenvalue weighted by molar-refractivity contribution is 5.89. The number of hydrogen-bond acceptors (Lipinski definition) is 3. The molecule has 0 bridgehead atoms. The van der Waals surface area contributed by atoms with Crippen molar-refractivity contribution in [2.75, 3.05) is 18.9 Å². The number of rotatable bonds is 4. The van der Waals surface area contributed by atoms with E-state index in [-0.39, 0.29) is 18.3 Å². The molecule has 104 valence electrons. The van der Waals surface area contributed by atoms with E-state index in [2.05, 4.69) is 10.5 Å². The Morgan fingerprint density at radius 3 is 2.89 bits per heavy atom. The van der Waals surface area contributed by atoms with Gasteiger partial charge in [0.15, 0.2) is 0 Å². The van der Waals surface area contributed by atoms with Crippen molar-refractivity contribution in [2.24, 2.45) is 16.8 Å². The van der Waals surface area contributed by atoms with Crippen molar-refractivity contribution in [1.82, 2.24) is 4.90 Å². The number of carbonyl (C=O) groups is 1. The zero-order valence-corrected chi connectivity index (χ0v) is 10.8. The molecule has 1 rings (SSSR count). The molecule has 19 heavy (non-hydrogen) atoms. The highest BCUT2D eigenvalue weighted by Gasteiger charge is 2.15. The summed E-state index contributed by atoms with van der Waals surface area (Å²) in [6, 6.07) is 5.20. The van der Waals surface area contributed by atoms with Crippen LogP contribution in [0.25, 0.3) is 0 Å². The lowest BCUT2D eigenvalue weighted by Gasteiger charge is -2.21. The summed E-state index contributed by atoms with van der Waals surface area (Å²) in [5.41, 5.74) is 5.80. The minimum atomic E-state index is -0.425. The van der Waals surface area contributed by atoms with E-state index in [0.29, 0.717) is 5.69 Å². The number of oxime groups is 1. The number of halogens is 1. The quantitative estimate of drug-likeness (QED) is 0.336. The zero-order valence-electron chi connectivity index (χ0n) is 10.8. The Bertz CT molecular complexity index is 479. The zero-order chi connectivity index (χ0) is 14.4. The molecule has 0 saturated carbocycles. The van der Waals surface area contributed by atoms with Gasteiger partial charge in [0, 0.05) is 25.2 Å². The number of urea groups is 1. The first-order valence-electron chi connectivity index (χ1n) is 5.69. The second-order valence-electron chi connectivity index (χ2n) is 4.25. The summed E-state index contributed by atoms with van der Waals surface area (Å²) in [5.74, 6) is -0.663. The Hall–Kier alpha value is -2.31. The first kappa shape index (κ1) is 14.7. The topological polar surface area (TPSA) is 91.0 Å². The van der Waals surface area contributed by atoms with Crippen LogP contribution in [-0.4, -0.2) is 35.6 Å². The van der Waals surface area contributed by atoms with Crippen molar-refractivity contribution in [2.45, 2.75) is 6.92 Å². The lowest BCUT2D eigenvalue weighted by atomic mass is 10.1. The van der Waals surface area contributed by atoms with Crippen LogP contribution in [0.5, 0.6) is 0 Å². The molecule has 2 amide bonds. The number of nitrogens with zero attached hydrogens (tertiary/aromatic N) is 2. The maximum atomic E-state index is 13.0. The van der Waals surface area contributed by atoms with Crippen LogP contribution in [0.2, 0.25) is 0 Å². The van der Waals surface area contributed by atoms with Crippen molar-refractivity contribution in [3.05, 3.63) is 30.1 Å². The number of carbonyl (C=O) groups excluding carboxylic acids is 1. The maximum absolute atomic E-state index is 13.0. The van der Waals surface area contributed by atoms with E-state index in [1.54, 1.807) is 20.0 Å². The van der Waals surface area contributed by atoms with E-state index < -0.39 is 11.8 Å². The van der Waals surface area contributed by atoms with Crippen LogP contribution in [0.4, 0.5) is 14.9 Å². The Labute approximate surface area is 110 Å². The molecule has 1 atom stereocenters. The Balaban J connectivity index is 2.58. The molecule has 1 unspecified atom stereocenters. The molecule has 4 N–H and O–H groups in total. The average molecular weight is 268 g/mol. The number of amidine groups is 1. The summed E-state index contributed by atoms with van der Waals surface area (Å²) < 4.78 is 13.0. The van der Waals surface area contributed by atoms with Gasteiger partial charge >= 0.3 is 6.03 Å². The van der Waals surface area contributed by atoms with E-state index in [0.717, 1.165) is 0 Å². The van der Waals surface area contributed by atoms with Gasteiger partial charge in [0.25, 0.3) is 0 Å². The maximum Gasteiger partial charge on any atom is 0.321 e. The van der Waals surface area contributed by atoms with E-state index >= 15 is 0 Å². The van der Waals surface area contributed by atoms with Gasteiger partial charge in [-0.15, -0.1) is 0 Å². The van der Waals surface area contributed by atoms with Crippen molar-refractivity contribution < 1.29 is 14.4 Å². The van der Waals surface area contributed by atoms with E-state index in [1.165, 1.54) is 23.1 Å². The molecular formula is C12H17FN4O2. The monoisotopic (exact) mass is 268 g/mol. The predicted octanol–water partition coefficient (Wildman–Crippen LogP) is 1.67. The van der Waals surface area contributed by atoms with Gasteiger partial charge in [-0.1, -0.05) is 18.1 Å². The summed E-state index contributed by atoms with van der Waals surface area (Å²) in [6.07, 6.45) is 0. The second kappa shape index (κ2) is 6.58. The molecule has 0 heterocycles. The third-order valence-electron chi connectivity index (χ3n) is 2.59. The summed E-state index contributed by atoms with van der Waals surface area (Å²) in [6.45, 7) is 2.00. The Kier molecular flexibility index (Phi) is 5.11.